The fourth-order valence-corrected chi connectivity index (χ4v) is 2.10. The average molecular weight is 340 g/mol. The summed E-state index contributed by atoms with van der Waals surface area (Å²) in [6.45, 7) is 2.03. The molecule has 17 heavy (non-hydrogen) atoms. The predicted octanol–water partition coefficient (Wildman–Crippen LogP) is 3.88. The zero-order chi connectivity index (χ0) is 12.3. The van der Waals surface area contributed by atoms with Crippen molar-refractivity contribution in [3.8, 4) is 11.5 Å². The van der Waals surface area contributed by atoms with E-state index in [0.29, 0.717) is 0 Å². The van der Waals surface area contributed by atoms with Crippen LogP contribution < -0.4 is 4.74 Å². The smallest absolute Gasteiger partial charge is 0.130 e. The minimum Gasteiger partial charge on any atom is -0.457 e. The molecule has 0 amide bonds. The van der Waals surface area contributed by atoms with Crippen molar-refractivity contribution < 1.29 is 9.84 Å². The third kappa shape index (κ3) is 3.20. The van der Waals surface area contributed by atoms with E-state index in [9.17, 15) is 0 Å². The van der Waals surface area contributed by atoms with Gasteiger partial charge in [-0.1, -0.05) is 18.2 Å². The van der Waals surface area contributed by atoms with Crippen molar-refractivity contribution in [2.75, 3.05) is 0 Å². The highest BCUT2D eigenvalue weighted by Gasteiger charge is 2.02. The van der Waals surface area contributed by atoms with Crippen molar-refractivity contribution in [1.82, 2.24) is 0 Å². The quantitative estimate of drug-likeness (QED) is 0.860. The first kappa shape index (κ1) is 12.4. The van der Waals surface area contributed by atoms with Crippen molar-refractivity contribution in [1.29, 1.82) is 0 Å². The van der Waals surface area contributed by atoms with Crippen molar-refractivity contribution in [2.45, 2.75) is 13.5 Å². The monoisotopic (exact) mass is 340 g/mol. The second kappa shape index (κ2) is 5.51. The van der Waals surface area contributed by atoms with E-state index in [1.807, 2.05) is 49.4 Å². The van der Waals surface area contributed by atoms with Gasteiger partial charge in [-0.2, -0.15) is 0 Å². The van der Waals surface area contributed by atoms with Gasteiger partial charge >= 0.3 is 0 Å². The Morgan fingerprint density at radius 1 is 1.18 bits per heavy atom. The van der Waals surface area contributed by atoms with E-state index in [0.717, 1.165) is 26.2 Å². The Bertz CT molecular complexity index is 523. The number of halogens is 1. The Hall–Kier alpha value is -1.07. The van der Waals surface area contributed by atoms with Gasteiger partial charge in [0, 0.05) is 3.57 Å². The summed E-state index contributed by atoms with van der Waals surface area (Å²) in [7, 11) is 0. The van der Waals surface area contributed by atoms with Crippen LogP contribution in [0, 0.1) is 10.5 Å². The Kier molecular flexibility index (Phi) is 4.02. The van der Waals surface area contributed by atoms with Crippen LogP contribution in [-0.2, 0) is 6.61 Å². The second-order valence-electron chi connectivity index (χ2n) is 3.82. The molecule has 0 aliphatic carbocycles. The van der Waals surface area contributed by atoms with Gasteiger partial charge in [-0.15, -0.1) is 0 Å². The lowest BCUT2D eigenvalue weighted by Crippen LogP contribution is -1.90. The van der Waals surface area contributed by atoms with E-state index in [1.165, 1.54) is 0 Å². The Morgan fingerprint density at radius 3 is 2.65 bits per heavy atom. The molecule has 0 bridgehead atoms. The highest BCUT2D eigenvalue weighted by molar-refractivity contribution is 14.1. The number of hydrogen-bond donors (Lipinski definition) is 1. The van der Waals surface area contributed by atoms with Crippen LogP contribution in [0.4, 0.5) is 0 Å². The Morgan fingerprint density at radius 2 is 2.00 bits per heavy atom. The molecular formula is C14H13IO2. The maximum Gasteiger partial charge on any atom is 0.130 e. The zero-order valence-corrected chi connectivity index (χ0v) is 11.6. The molecule has 0 saturated carbocycles. The molecule has 2 aromatic carbocycles. The summed E-state index contributed by atoms with van der Waals surface area (Å²) in [6, 6.07) is 13.6. The van der Waals surface area contributed by atoms with Gasteiger partial charge in [0.1, 0.15) is 11.5 Å². The topological polar surface area (TPSA) is 29.5 Å². The van der Waals surface area contributed by atoms with Crippen LogP contribution in [0.2, 0.25) is 0 Å². The van der Waals surface area contributed by atoms with Crippen molar-refractivity contribution >= 4 is 22.6 Å². The van der Waals surface area contributed by atoms with E-state index in [4.69, 9.17) is 9.84 Å². The molecule has 0 heterocycles. The van der Waals surface area contributed by atoms with E-state index >= 15 is 0 Å². The van der Waals surface area contributed by atoms with Gasteiger partial charge in [-0.25, -0.2) is 0 Å². The number of aryl methyl sites for hydroxylation is 1. The van der Waals surface area contributed by atoms with Crippen molar-refractivity contribution in [3.63, 3.8) is 0 Å². The van der Waals surface area contributed by atoms with Gasteiger partial charge in [0.2, 0.25) is 0 Å². The number of ether oxygens (including phenoxy) is 1. The highest BCUT2D eigenvalue weighted by Crippen LogP contribution is 2.26. The maximum absolute atomic E-state index is 9.04. The lowest BCUT2D eigenvalue weighted by atomic mass is 10.1. The zero-order valence-electron chi connectivity index (χ0n) is 9.48. The third-order valence-electron chi connectivity index (χ3n) is 2.45. The summed E-state index contributed by atoms with van der Waals surface area (Å²) in [6.07, 6.45) is 0. The van der Waals surface area contributed by atoms with E-state index in [2.05, 4.69) is 22.6 Å². The molecule has 3 heteroatoms. The number of benzene rings is 2. The number of aliphatic hydroxyl groups is 1. The van der Waals surface area contributed by atoms with E-state index < -0.39 is 0 Å². The summed E-state index contributed by atoms with van der Waals surface area (Å²) in [5.41, 5.74) is 1.92. The van der Waals surface area contributed by atoms with Crippen LogP contribution in [0.3, 0.4) is 0 Å². The molecule has 2 aromatic rings. The molecule has 0 aliphatic heterocycles. The fourth-order valence-electron chi connectivity index (χ4n) is 1.58. The molecule has 88 valence electrons. The van der Waals surface area contributed by atoms with Crippen molar-refractivity contribution in [3.05, 3.63) is 57.2 Å². The first-order valence-electron chi connectivity index (χ1n) is 5.33. The number of rotatable bonds is 3. The summed E-state index contributed by atoms with van der Waals surface area (Å²) >= 11 is 2.26. The van der Waals surface area contributed by atoms with Gasteiger partial charge in [-0.3, -0.25) is 0 Å². The van der Waals surface area contributed by atoms with Crippen LogP contribution in [0.1, 0.15) is 11.1 Å². The molecule has 1 N–H and O–H groups in total. The molecule has 0 spiro atoms. The van der Waals surface area contributed by atoms with Crippen LogP contribution in [0.25, 0.3) is 0 Å². The highest BCUT2D eigenvalue weighted by atomic mass is 127. The number of hydrogen-bond acceptors (Lipinski definition) is 2. The van der Waals surface area contributed by atoms with Crippen molar-refractivity contribution in [2.24, 2.45) is 0 Å². The average Bonchev–Trinajstić information content (AvgIpc) is 2.32. The molecule has 2 rings (SSSR count). The molecule has 0 fully saturated rings. The van der Waals surface area contributed by atoms with Crippen LogP contribution in [0.15, 0.2) is 42.5 Å². The minimum atomic E-state index is 0.0599. The molecule has 0 radical (unpaired) electrons. The predicted molar refractivity (Wildman–Crippen MR) is 76.3 cm³/mol. The first-order valence-corrected chi connectivity index (χ1v) is 6.41. The lowest BCUT2D eigenvalue weighted by Gasteiger charge is -2.09. The third-order valence-corrected chi connectivity index (χ3v) is 3.12. The summed E-state index contributed by atoms with van der Waals surface area (Å²) in [4.78, 5) is 0. The second-order valence-corrected chi connectivity index (χ2v) is 5.06. The molecule has 2 nitrogen and oxygen atoms in total. The van der Waals surface area contributed by atoms with E-state index in [1.54, 1.807) is 0 Å². The summed E-state index contributed by atoms with van der Waals surface area (Å²) < 4.78 is 6.95. The van der Waals surface area contributed by atoms with Crippen LogP contribution >= 0.6 is 22.6 Å². The molecule has 0 aromatic heterocycles. The van der Waals surface area contributed by atoms with Crippen LogP contribution in [-0.4, -0.2) is 5.11 Å². The first-order chi connectivity index (χ1) is 8.19. The van der Waals surface area contributed by atoms with Gasteiger partial charge in [0.15, 0.2) is 0 Å². The maximum atomic E-state index is 9.04. The minimum absolute atomic E-state index is 0.0599. The normalized spacial score (nSPS) is 10.3. The molecule has 0 unspecified atom stereocenters. The van der Waals surface area contributed by atoms with Gasteiger partial charge < -0.3 is 9.84 Å². The lowest BCUT2D eigenvalue weighted by molar-refractivity contribution is 0.281. The Balaban J connectivity index is 2.24. The molecule has 0 saturated heterocycles. The Labute approximate surface area is 114 Å². The standard InChI is InChI=1S/C14H13IO2/c1-10-7-11(9-16)5-6-14(10)17-13-4-2-3-12(15)8-13/h2-8,16H,9H2,1H3. The van der Waals surface area contributed by atoms with Gasteiger partial charge in [-0.05, 0) is 64.9 Å². The number of aliphatic hydroxyl groups excluding tert-OH is 1. The largest absolute Gasteiger partial charge is 0.457 e. The van der Waals surface area contributed by atoms with Crippen LogP contribution in [0.5, 0.6) is 11.5 Å². The molecule has 0 aliphatic rings. The molecule has 0 atom stereocenters. The summed E-state index contributed by atoms with van der Waals surface area (Å²) in [5, 5.41) is 9.04. The fraction of sp³-hybridized carbons (Fsp3) is 0.143. The van der Waals surface area contributed by atoms with Gasteiger partial charge in [0.05, 0.1) is 6.61 Å². The SMILES string of the molecule is Cc1cc(CO)ccc1Oc1cccc(I)c1. The van der Waals surface area contributed by atoms with Gasteiger partial charge in [0.25, 0.3) is 0 Å². The summed E-state index contributed by atoms with van der Waals surface area (Å²) in [5.74, 6) is 1.65. The molecular weight excluding hydrogens is 327 g/mol. The van der Waals surface area contributed by atoms with E-state index in [-0.39, 0.29) is 6.61 Å².